The van der Waals surface area contributed by atoms with Gasteiger partial charge in [-0.3, -0.25) is 9.79 Å². The topological polar surface area (TPSA) is 29.4 Å². The van der Waals surface area contributed by atoms with Crippen molar-refractivity contribution in [2.45, 2.75) is 27.2 Å². The molecule has 0 aliphatic rings. The van der Waals surface area contributed by atoms with Gasteiger partial charge in [-0.15, -0.1) is 0 Å². The lowest BCUT2D eigenvalue weighted by atomic mass is 10.1. The second-order valence-corrected chi connectivity index (χ2v) is 5.05. The van der Waals surface area contributed by atoms with E-state index in [0.29, 0.717) is 6.42 Å². The summed E-state index contributed by atoms with van der Waals surface area (Å²) in [6, 6.07) is 15.5. The van der Waals surface area contributed by atoms with E-state index in [2.05, 4.69) is 4.99 Å². The fraction of sp³-hybridized carbons (Fsp3) is 0.222. The van der Waals surface area contributed by atoms with Crippen LogP contribution in [-0.2, 0) is 0 Å². The Hall–Kier alpha value is -2.22. The van der Waals surface area contributed by atoms with Gasteiger partial charge in [-0.2, -0.15) is 0 Å². The zero-order valence-corrected chi connectivity index (χ0v) is 12.2. The molecule has 0 spiro atoms. The molecule has 0 aliphatic carbocycles. The summed E-state index contributed by atoms with van der Waals surface area (Å²) in [5.74, 6) is 0.109. The van der Waals surface area contributed by atoms with Gasteiger partial charge in [-0.1, -0.05) is 48.5 Å². The normalized spacial score (nSPS) is 11.4. The largest absolute Gasteiger partial charge is 0.294 e. The number of Topliss-reactive ketones (excluding diaryl/α,β-unsaturated/α-hetero) is 1. The zero-order chi connectivity index (χ0) is 14.5. The first-order chi connectivity index (χ1) is 9.58. The van der Waals surface area contributed by atoms with E-state index < -0.39 is 0 Å². The predicted molar refractivity (Wildman–Crippen MR) is 84.1 cm³/mol. The van der Waals surface area contributed by atoms with E-state index in [1.807, 2.05) is 69.3 Å². The third kappa shape index (κ3) is 3.41. The molecular weight excluding hydrogens is 246 g/mol. The van der Waals surface area contributed by atoms with E-state index in [1.54, 1.807) is 0 Å². The second-order valence-electron chi connectivity index (χ2n) is 5.05. The first-order valence-electron chi connectivity index (χ1n) is 6.76. The van der Waals surface area contributed by atoms with E-state index in [9.17, 15) is 4.79 Å². The van der Waals surface area contributed by atoms with Gasteiger partial charge in [0, 0.05) is 17.7 Å². The van der Waals surface area contributed by atoms with Gasteiger partial charge in [-0.05, 0) is 31.9 Å². The fourth-order valence-electron chi connectivity index (χ4n) is 2.17. The summed E-state index contributed by atoms with van der Waals surface area (Å²) in [5, 5.41) is 0. The summed E-state index contributed by atoms with van der Waals surface area (Å²) in [7, 11) is 0. The number of hydrogen-bond donors (Lipinski definition) is 0. The van der Waals surface area contributed by atoms with Crippen LogP contribution in [0.1, 0.15) is 34.8 Å². The molecule has 0 fully saturated rings. The highest BCUT2D eigenvalue weighted by Gasteiger charge is 2.08. The number of nitrogens with zero attached hydrogens (tertiary/aromatic N) is 1. The molecule has 0 bridgehead atoms. The van der Waals surface area contributed by atoms with Crippen molar-refractivity contribution in [3.05, 3.63) is 65.2 Å². The first kappa shape index (κ1) is 14.2. The van der Waals surface area contributed by atoms with Gasteiger partial charge in [0.05, 0.1) is 5.69 Å². The summed E-state index contributed by atoms with van der Waals surface area (Å²) in [6.45, 7) is 5.99. The molecule has 0 N–H and O–H groups in total. The maximum Gasteiger partial charge on any atom is 0.168 e. The van der Waals surface area contributed by atoms with Crippen LogP contribution in [0.3, 0.4) is 0 Å². The molecule has 0 atom stereocenters. The van der Waals surface area contributed by atoms with Crippen LogP contribution in [0.25, 0.3) is 0 Å². The van der Waals surface area contributed by atoms with Crippen molar-refractivity contribution in [3.8, 4) is 0 Å². The highest BCUT2D eigenvalue weighted by atomic mass is 16.1. The lowest BCUT2D eigenvalue weighted by Crippen LogP contribution is -2.05. The van der Waals surface area contributed by atoms with Crippen LogP contribution in [0, 0.1) is 13.8 Å². The van der Waals surface area contributed by atoms with Gasteiger partial charge < -0.3 is 0 Å². The number of benzene rings is 2. The monoisotopic (exact) mass is 265 g/mol. The number of carbonyl (C=O) groups excluding carboxylic acids is 1. The molecule has 0 amide bonds. The highest BCUT2D eigenvalue weighted by Crippen LogP contribution is 2.23. The number of ketones is 1. The van der Waals surface area contributed by atoms with Crippen molar-refractivity contribution in [1.29, 1.82) is 0 Å². The van der Waals surface area contributed by atoms with Gasteiger partial charge >= 0.3 is 0 Å². The molecule has 2 aromatic rings. The summed E-state index contributed by atoms with van der Waals surface area (Å²) in [5.41, 5.74) is 4.83. The van der Waals surface area contributed by atoms with E-state index >= 15 is 0 Å². The van der Waals surface area contributed by atoms with E-state index in [1.165, 1.54) is 0 Å². The Morgan fingerprint density at radius 1 is 0.950 bits per heavy atom. The van der Waals surface area contributed by atoms with Gasteiger partial charge in [0.25, 0.3) is 0 Å². The molecule has 2 rings (SSSR count). The minimum absolute atomic E-state index is 0.109. The lowest BCUT2D eigenvalue weighted by molar-refractivity contribution is 0.100. The summed E-state index contributed by atoms with van der Waals surface area (Å²) in [4.78, 5) is 16.8. The number of para-hydroxylation sites is 1. The van der Waals surface area contributed by atoms with Crippen molar-refractivity contribution in [3.63, 3.8) is 0 Å². The molecule has 0 radical (unpaired) electrons. The molecule has 2 nitrogen and oxygen atoms in total. The van der Waals surface area contributed by atoms with Crippen LogP contribution >= 0.6 is 0 Å². The third-order valence-electron chi connectivity index (χ3n) is 3.25. The summed E-state index contributed by atoms with van der Waals surface area (Å²) < 4.78 is 0. The first-order valence-corrected chi connectivity index (χ1v) is 6.76. The van der Waals surface area contributed by atoms with Gasteiger partial charge in [-0.25, -0.2) is 0 Å². The Labute approximate surface area is 120 Å². The van der Waals surface area contributed by atoms with Crippen LogP contribution in [0.15, 0.2) is 53.5 Å². The standard InChI is InChI=1S/C18H19NO/c1-13-8-7-9-14(2)18(13)19-15(3)12-17(20)16-10-5-4-6-11-16/h4-11H,12H2,1-3H3. The molecule has 0 heterocycles. The predicted octanol–water partition coefficient (Wildman–Crippen LogP) is 4.67. The molecule has 0 unspecified atom stereocenters. The lowest BCUT2D eigenvalue weighted by Gasteiger charge is -2.06. The molecular formula is C18H19NO. The Morgan fingerprint density at radius 2 is 1.55 bits per heavy atom. The van der Waals surface area contributed by atoms with Crippen molar-refractivity contribution in [2.24, 2.45) is 4.99 Å². The average Bonchev–Trinajstić information content (AvgIpc) is 2.44. The third-order valence-corrected chi connectivity index (χ3v) is 3.25. The van der Waals surface area contributed by atoms with E-state index in [-0.39, 0.29) is 5.78 Å². The van der Waals surface area contributed by atoms with Crippen LogP contribution in [0.5, 0.6) is 0 Å². The van der Waals surface area contributed by atoms with Crippen LogP contribution in [0.4, 0.5) is 5.69 Å². The minimum atomic E-state index is 0.109. The van der Waals surface area contributed by atoms with E-state index in [4.69, 9.17) is 0 Å². The number of hydrogen-bond acceptors (Lipinski definition) is 2. The second kappa shape index (κ2) is 6.29. The molecule has 0 aromatic heterocycles. The quantitative estimate of drug-likeness (QED) is 0.583. The Bertz CT molecular complexity index is 621. The van der Waals surface area contributed by atoms with Crippen molar-refractivity contribution < 1.29 is 4.79 Å². The highest BCUT2D eigenvalue weighted by molar-refractivity contribution is 6.09. The Kier molecular flexibility index (Phi) is 4.46. The number of aryl methyl sites for hydroxylation is 2. The van der Waals surface area contributed by atoms with Crippen LogP contribution in [-0.4, -0.2) is 11.5 Å². The van der Waals surface area contributed by atoms with Gasteiger partial charge in [0.1, 0.15) is 0 Å². The molecule has 2 heteroatoms. The van der Waals surface area contributed by atoms with E-state index in [0.717, 1.165) is 28.1 Å². The fourth-order valence-corrected chi connectivity index (χ4v) is 2.17. The van der Waals surface area contributed by atoms with Gasteiger partial charge in [0.2, 0.25) is 0 Å². The Morgan fingerprint density at radius 3 is 2.15 bits per heavy atom. The maximum absolute atomic E-state index is 12.1. The number of carbonyl (C=O) groups is 1. The van der Waals surface area contributed by atoms with Crippen molar-refractivity contribution in [1.82, 2.24) is 0 Å². The molecule has 20 heavy (non-hydrogen) atoms. The number of aliphatic imine (C=N–C) groups is 1. The molecule has 0 aliphatic heterocycles. The van der Waals surface area contributed by atoms with Crippen molar-refractivity contribution >= 4 is 17.2 Å². The molecule has 0 saturated carbocycles. The molecule has 0 saturated heterocycles. The smallest absolute Gasteiger partial charge is 0.168 e. The van der Waals surface area contributed by atoms with Crippen LogP contribution in [0.2, 0.25) is 0 Å². The zero-order valence-electron chi connectivity index (χ0n) is 12.2. The summed E-state index contributed by atoms with van der Waals surface area (Å²) in [6.07, 6.45) is 0.359. The molecule has 102 valence electrons. The SMILES string of the molecule is CC(CC(=O)c1ccccc1)=Nc1c(C)cccc1C. The number of rotatable bonds is 4. The Balaban J connectivity index is 2.18. The van der Waals surface area contributed by atoms with Crippen molar-refractivity contribution in [2.75, 3.05) is 0 Å². The van der Waals surface area contributed by atoms with Crippen LogP contribution < -0.4 is 0 Å². The maximum atomic E-state index is 12.1. The average molecular weight is 265 g/mol. The van der Waals surface area contributed by atoms with Gasteiger partial charge in [0.15, 0.2) is 5.78 Å². The summed E-state index contributed by atoms with van der Waals surface area (Å²) >= 11 is 0. The minimum Gasteiger partial charge on any atom is -0.294 e. The molecule has 2 aromatic carbocycles.